The molecule has 0 saturated carbocycles. The number of carbonyl (C=O) groups is 1. The minimum Gasteiger partial charge on any atom is -0.482 e. The van der Waals surface area contributed by atoms with E-state index in [0.29, 0.717) is 22.7 Å². The van der Waals surface area contributed by atoms with Crippen LogP contribution in [0.25, 0.3) is 0 Å². The molecule has 0 spiro atoms. The fourth-order valence-corrected chi connectivity index (χ4v) is 4.18. The first kappa shape index (κ1) is 22.0. The number of hydrogen-bond acceptors (Lipinski definition) is 8. The third kappa shape index (κ3) is 5.45. The van der Waals surface area contributed by atoms with Gasteiger partial charge in [0.2, 0.25) is 11.0 Å². The number of allylic oxidation sites excluding steroid dienone is 1. The van der Waals surface area contributed by atoms with E-state index in [1.54, 1.807) is 6.08 Å². The van der Waals surface area contributed by atoms with E-state index in [1.807, 2.05) is 44.4 Å². The zero-order valence-electron chi connectivity index (χ0n) is 17.4. The number of aryl methyl sites for hydroxylation is 3. The normalized spacial score (nSPS) is 11.9. The molecule has 10 heteroatoms. The van der Waals surface area contributed by atoms with Crippen LogP contribution in [0.4, 0.5) is 5.13 Å². The van der Waals surface area contributed by atoms with Crippen LogP contribution >= 0.6 is 23.1 Å². The Labute approximate surface area is 183 Å². The van der Waals surface area contributed by atoms with Crippen LogP contribution < -0.4 is 10.1 Å². The first-order valence-electron chi connectivity index (χ1n) is 9.38. The summed E-state index contributed by atoms with van der Waals surface area (Å²) in [6.07, 6.45) is 1.46. The zero-order chi connectivity index (χ0) is 21.7. The molecule has 0 radical (unpaired) electrons. The number of anilines is 1. The van der Waals surface area contributed by atoms with Crippen LogP contribution in [0, 0.1) is 20.8 Å². The Balaban J connectivity index is 1.69. The van der Waals surface area contributed by atoms with Crippen LogP contribution in [0.2, 0.25) is 0 Å². The highest BCUT2D eigenvalue weighted by Crippen LogP contribution is 2.27. The summed E-state index contributed by atoms with van der Waals surface area (Å²) in [5.41, 5.74) is 2.25. The van der Waals surface area contributed by atoms with Crippen LogP contribution in [0.3, 0.4) is 0 Å². The quantitative estimate of drug-likeness (QED) is 0.392. The highest BCUT2D eigenvalue weighted by atomic mass is 32.2. The summed E-state index contributed by atoms with van der Waals surface area (Å²) in [5.74, 6) is 1.49. The first-order chi connectivity index (χ1) is 14.4. The van der Waals surface area contributed by atoms with Crippen molar-refractivity contribution in [3.63, 3.8) is 0 Å². The van der Waals surface area contributed by atoms with Gasteiger partial charge in [-0.05, 0) is 39.3 Å². The third-order valence-electron chi connectivity index (χ3n) is 4.16. The molecule has 1 amide bonds. The van der Waals surface area contributed by atoms with E-state index in [4.69, 9.17) is 4.74 Å². The number of amides is 1. The molecule has 1 unspecified atom stereocenters. The van der Waals surface area contributed by atoms with Gasteiger partial charge in [-0.25, -0.2) is 0 Å². The van der Waals surface area contributed by atoms with Gasteiger partial charge in [-0.1, -0.05) is 46.9 Å². The van der Waals surface area contributed by atoms with Crippen LogP contribution in [0.5, 0.6) is 5.75 Å². The van der Waals surface area contributed by atoms with Gasteiger partial charge in [0, 0.05) is 6.54 Å². The van der Waals surface area contributed by atoms with E-state index in [1.165, 1.54) is 28.7 Å². The Bertz CT molecular complexity index is 1050. The summed E-state index contributed by atoms with van der Waals surface area (Å²) >= 11 is 2.63. The lowest BCUT2D eigenvalue weighted by Crippen LogP contribution is -2.15. The number of rotatable bonds is 9. The average molecular weight is 445 g/mol. The van der Waals surface area contributed by atoms with Gasteiger partial charge in [-0.3, -0.25) is 14.7 Å². The van der Waals surface area contributed by atoms with Crippen molar-refractivity contribution in [3.8, 4) is 5.75 Å². The number of nitrogens with zero attached hydrogens (tertiary/aromatic N) is 5. The maximum Gasteiger partial charge on any atom is 0.236 e. The topological polar surface area (TPSA) is 94.8 Å². The van der Waals surface area contributed by atoms with Gasteiger partial charge < -0.3 is 4.74 Å². The second-order valence-corrected chi connectivity index (χ2v) is 8.86. The minimum atomic E-state index is -0.314. The highest BCUT2D eigenvalue weighted by Gasteiger charge is 2.20. The molecule has 0 aliphatic carbocycles. The van der Waals surface area contributed by atoms with Gasteiger partial charge in [-0.15, -0.1) is 27.0 Å². The average Bonchev–Trinajstić information content (AvgIpc) is 3.28. The molecule has 8 nitrogen and oxygen atoms in total. The predicted molar refractivity (Wildman–Crippen MR) is 119 cm³/mol. The van der Waals surface area contributed by atoms with Crippen molar-refractivity contribution in [2.45, 2.75) is 45.5 Å². The van der Waals surface area contributed by atoms with Crippen molar-refractivity contribution < 1.29 is 9.53 Å². The Kier molecular flexibility index (Phi) is 7.22. The fourth-order valence-electron chi connectivity index (χ4n) is 2.82. The van der Waals surface area contributed by atoms with Crippen LogP contribution in [-0.4, -0.2) is 36.6 Å². The molecule has 0 saturated heterocycles. The molecule has 1 aromatic carbocycles. The number of carbonyl (C=O) groups excluding carboxylic acids is 1. The maximum absolute atomic E-state index is 12.2. The van der Waals surface area contributed by atoms with E-state index >= 15 is 0 Å². The number of hydrogen-bond donors (Lipinski definition) is 1. The molecule has 2 heterocycles. The summed E-state index contributed by atoms with van der Waals surface area (Å²) in [6.45, 7) is 12.2. The Morgan fingerprint density at radius 2 is 2.10 bits per heavy atom. The van der Waals surface area contributed by atoms with Crippen LogP contribution in [0.15, 0.2) is 36.0 Å². The summed E-state index contributed by atoms with van der Waals surface area (Å²) < 4.78 is 8.04. The molecule has 0 fully saturated rings. The highest BCUT2D eigenvalue weighted by molar-refractivity contribution is 7.99. The molecule has 3 rings (SSSR count). The SMILES string of the molecule is C=CCn1c(SCC(=O)Nc2nnc(C)s2)nnc1C(C)Oc1ccc(C)cc1C. The van der Waals surface area contributed by atoms with Crippen LogP contribution in [0.1, 0.15) is 35.0 Å². The summed E-state index contributed by atoms with van der Waals surface area (Å²) in [6, 6.07) is 6.06. The predicted octanol–water partition coefficient (Wildman–Crippen LogP) is 4.11. The third-order valence-corrected chi connectivity index (χ3v) is 5.88. The Morgan fingerprint density at radius 1 is 1.30 bits per heavy atom. The minimum absolute atomic E-state index is 0.176. The van der Waals surface area contributed by atoms with E-state index in [2.05, 4.69) is 38.4 Å². The molecule has 158 valence electrons. The lowest BCUT2D eigenvalue weighted by Gasteiger charge is -2.17. The molecule has 1 atom stereocenters. The standard InChI is InChI=1S/C20H24N6O2S2/c1-6-9-26-18(14(4)28-16-8-7-12(2)10-13(16)3)23-25-20(26)29-11-17(27)21-19-24-22-15(5)30-19/h6-8,10,14H,1,9,11H2,2-5H3,(H,21,24,27). The second-order valence-electron chi connectivity index (χ2n) is 6.73. The van der Waals surface area contributed by atoms with Crippen molar-refractivity contribution in [1.82, 2.24) is 25.0 Å². The molecule has 2 aromatic heterocycles. The maximum atomic E-state index is 12.2. The summed E-state index contributed by atoms with van der Waals surface area (Å²) in [5, 5.41) is 21.0. The van der Waals surface area contributed by atoms with Gasteiger partial charge in [0.05, 0.1) is 5.75 Å². The van der Waals surface area contributed by atoms with E-state index < -0.39 is 0 Å². The molecular weight excluding hydrogens is 420 g/mol. The van der Waals surface area contributed by atoms with E-state index in [0.717, 1.165) is 16.3 Å². The number of benzene rings is 1. The number of nitrogens with one attached hydrogen (secondary N) is 1. The molecule has 1 N–H and O–H groups in total. The van der Waals surface area contributed by atoms with Crippen LogP contribution in [-0.2, 0) is 11.3 Å². The zero-order valence-corrected chi connectivity index (χ0v) is 19.0. The van der Waals surface area contributed by atoms with Crippen molar-refractivity contribution in [2.75, 3.05) is 11.1 Å². The van der Waals surface area contributed by atoms with Crippen molar-refractivity contribution in [3.05, 3.63) is 52.8 Å². The van der Waals surface area contributed by atoms with Crippen molar-refractivity contribution in [1.29, 1.82) is 0 Å². The summed E-state index contributed by atoms with van der Waals surface area (Å²) in [4.78, 5) is 12.2. The van der Waals surface area contributed by atoms with Gasteiger partial charge in [0.25, 0.3) is 0 Å². The van der Waals surface area contributed by atoms with Crippen molar-refractivity contribution >= 4 is 34.1 Å². The lowest BCUT2D eigenvalue weighted by atomic mass is 10.1. The van der Waals surface area contributed by atoms with Gasteiger partial charge in [0.15, 0.2) is 17.1 Å². The molecule has 0 bridgehead atoms. The second kappa shape index (κ2) is 9.86. The molecule has 0 aliphatic rings. The Hall–Kier alpha value is -2.72. The Morgan fingerprint density at radius 3 is 2.77 bits per heavy atom. The summed E-state index contributed by atoms with van der Waals surface area (Å²) in [7, 11) is 0. The van der Waals surface area contributed by atoms with E-state index in [-0.39, 0.29) is 17.8 Å². The van der Waals surface area contributed by atoms with E-state index in [9.17, 15) is 4.79 Å². The number of thioether (sulfide) groups is 1. The van der Waals surface area contributed by atoms with Gasteiger partial charge in [0.1, 0.15) is 10.8 Å². The molecular formula is C20H24N6O2S2. The number of aromatic nitrogens is 5. The first-order valence-corrected chi connectivity index (χ1v) is 11.2. The molecule has 30 heavy (non-hydrogen) atoms. The van der Waals surface area contributed by atoms with Gasteiger partial charge in [-0.2, -0.15) is 0 Å². The smallest absolute Gasteiger partial charge is 0.236 e. The number of ether oxygens (including phenoxy) is 1. The molecule has 0 aliphatic heterocycles. The molecule has 3 aromatic rings. The van der Waals surface area contributed by atoms with Crippen molar-refractivity contribution in [2.24, 2.45) is 0 Å². The lowest BCUT2D eigenvalue weighted by molar-refractivity contribution is -0.113. The monoisotopic (exact) mass is 444 g/mol. The largest absolute Gasteiger partial charge is 0.482 e. The van der Waals surface area contributed by atoms with Gasteiger partial charge >= 0.3 is 0 Å². The fraction of sp³-hybridized carbons (Fsp3) is 0.350.